The van der Waals surface area contributed by atoms with E-state index in [1.165, 1.54) is 6.07 Å². The van der Waals surface area contributed by atoms with Crippen LogP contribution in [0.4, 0.5) is 5.69 Å². The van der Waals surface area contributed by atoms with E-state index in [0.717, 1.165) is 11.1 Å². The van der Waals surface area contributed by atoms with Crippen LogP contribution in [-0.4, -0.2) is 51.9 Å². The van der Waals surface area contributed by atoms with Gasteiger partial charge in [-0.05, 0) is 41.3 Å². The Kier molecular flexibility index (Phi) is 10.6. The van der Waals surface area contributed by atoms with Gasteiger partial charge in [0.2, 0.25) is 0 Å². The summed E-state index contributed by atoms with van der Waals surface area (Å²) in [5.74, 6) is 0.851. The maximum Gasteiger partial charge on any atom is 0.311 e. The van der Waals surface area contributed by atoms with Crippen LogP contribution >= 0.6 is 0 Å². The zero-order valence-electron chi connectivity index (χ0n) is 22.2. The quantitative estimate of drug-likeness (QED) is 0.161. The summed E-state index contributed by atoms with van der Waals surface area (Å²) in [4.78, 5) is 13.4. The molecule has 0 fully saturated rings. The van der Waals surface area contributed by atoms with Crippen molar-refractivity contribution in [1.29, 1.82) is 0 Å². The molecular formula is C32H34N2O6. The minimum absolute atomic E-state index is 0.0897. The predicted molar refractivity (Wildman–Crippen MR) is 153 cm³/mol. The van der Waals surface area contributed by atoms with E-state index in [4.69, 9.17) is 9.47 Å². The van der Waals surface area contributed by atoms with Gasteiger partial charge in [0.05, 0.1) is 11.5 Å². The fourth-order valence-electron chi connectivity index (χ4n) is 4.46. The van der Waals surface area contributed by atoms with Crippen molar-refractivity contribution in [3.05, 3.63) is 136 Å². The summed E-state index contributed by atoms with van der Waals surface area (Å²) in [6, 6.07) is 33.0. The average Bonchev–Trinajstić information content (AvgIpc) is 2.99. The Morgan fingerprint density at radius 1 is 0.800 bits per heavy atom. The number of hydrogen-bond donors (Lipinski definition) is 2. The number of benzene rings is 4. The summed E-state index contributed by atoms with van der Waals surface area (Å²) in [7, 11) is 0. The van der Waals surface area contributed by atoms with Crippen LogP contribution < -0.4 is 9.47 Å². The molecule has 0 aromatic heterocycles. The zero-order valence-corrected chi connectivity index (χ0v) is 22.2. The lowest BCUT2D eigenvalue weighted by molar-refractivity contribution is -0.386. The second-order valence-electron chi connectivity index (χ2n) is 9.57. The Morgan fingerprint density at radius 2 is 1.43 bits per heavy atom. The fourth-order valence-corrected chi connectivity index (χ4v) is 4.46. The minimum Gasteiger partial charge on any atom is -0.491 e. The van der Waals surface area contributed by atoms with Gasteiger partial charge >= 0.3 is 5.69 Å². The van der Waals surface area contributed by atoms with Crippen molar-refractivity contribution >= 4 is 5.69 Å². The van der Waals surface area contributed by atoms with Gasteiger partial charge in [-0.2, -0.15) is 0 Å². The molecule has 0 saturated heterocycles. The van der Waals surface area contributed by atoms with Gasteiger partial charge in [0.25, 0.3) is 0 Å². The Balaban J connectivity index is 1.48. The number of hydrogen-bond acceptors (Lipinski definition) is 7. The van der Waals surface area contributed by atoms with Crippen LogP contribution in [0.1, 0.15) is 16.7 Å². The van der Waals surface area contributed by atoms with Gasteiger partial charge < -0.3 is 19.7 Å². The van der Waals surface area contributed by atoms with E-state index in [9.17, 15) is 20.3 Å². The van der Waals surface area contributed by atoms with Crippen LogP contribution in [-0.2, 0) is 19.6 Å². The minimum atomic E-state index is -0.818. The molecule has 0 radical (unpaired) electrons. The first-order valence-electron chi connectivity index (χ1n) is 13.2. The fraction of sp³-hybridized carbons (Fsp3) is 0.250. The first-order valence-corrected chi connectivity index (χ1v) is 13.2. The highest BCUT2D eigenvalue weighted by Gasteiger charge is 2.24. The van der Waals surface area contributed by atoms with Crippen molar-refractivity contribution < 1.29 is 24.6 Å². The summed E-state index contributed by atoms with van der Waals surface area (Å²) in [5.41, 5.74) is 2.49. The first kappa shape index (κ1) is 28.8. The van der Waals surface area contributed by atoms with Gasteiger partial charge in [0.15, 0.2) is 5.75 Å². The van der Waals surface area contributed by atoms with Crippen molar-refractivity contribution in [2.75, 3.05) is 19.8 Å². The Bertz CT molecular complexity index is 1320. The number of nitrogens with zero attached hydrogens (tertiary/aromatic N) is 2. The lowest BCUT2D eigenvalue weighted by Crippen LogP contribution is -2.44. The molecule has 0 unspecified atom stereocenters. The van der Waals surface area contributed by atoms with E-state index >= 15 is 0 Å². The molecule has 0 amide bonds. The Labute approximate surface area is 234 Å². The number of nitro benzene ring substituents is 1. The van der Waals surface area contributed by atoms with Gasteiger partial charge in [-0.1, -0.05) is 84.9 Å². The number of rotatable bonds is 15. The van der Waals surface area contributed by atoms with Gasteiger partial charge in [0, 0.05) is 25.2 Å². The molecule has 4 aromatic carbocycles. The third-order valence-corrected chi connectivity index (χ3v) is 6.52. The van der Waals surface area contributed by atoms with E-state index in [0.29, 0.717) is 24.3 Å². The highest BCUT2D eigenvalue weighted by atomic mass is 16.6. The zero-order chi connectivity index (χ0) is 28.2. The predicted octanol–water partition coefficient (Wildman–Crippen LogP) is 5.02. The molecule has 2 N–H and O–H groups in total. The molecule has 208 valence electrons. The molecule has 0 aliphatic heterocycles. The summed E-state index contributed by atoms with van der Waals surface area (Å²) in [6.07, 6.45) is -0.476. The molecule has 0 spiro atoms. The van der Waals surface area contributed by atoms with E-state index in [1.54, 1.807) is 12.1 Å². The van der Waals surface area contributed by atoms with Crippen LogP contribution in [0.2, 0.25) is 0 Å². The second-order valence-corrected chi connectivity index (χ2v) is 9.57. The van der Waals surface area contributed by atoms with Crippen LogP contribution in [0.5, 0.6) is 11.5 Å². The summed E-state index contributed by atoms with van der Waals surface area (Å²) in [6.45, 7) is 0.835. The standard InChI is InChI=1S/C32H34N2O6/c35-22-28(18-27-16-17-32(31(19-27)34(37)38)40-23-26-12-6-2-7-13-26)33(20-25-10-4-1-5-11-25)21-29(36)24-39-30-14-8-3-9-15-30/h1-17,19,28-29,35-36H,18,20-24H2/t28-,29-/m0/s1. The molecular weight excluding hydrogens is 508 g/mol. The summed E-state index contributed by atoms with van der Waals surface area (Å²) < 4.78 is 11.5. The van der Waals surface area contributed by atoms with Crippen LogP contribution in [0, 0.1) is 10.1 Å². The molecule has 8 heteroatoms. The van der Waals surface area contributed by atoms with E-state index in [-0.39, 0.29) is 37.8 Å². The number of aliphatic hydroxyl groups is 2. The summed E-state index contributed by atoms with van der Waals surface area (Å²) >= 11 is 0. The maximum absolute atomic E-state index is 11.9. The lowest BCUT2D eigenvalue weighted by atomic mass is 10.0. The second kappa shape index (κ2) is 14.8. The van der Waals surface area contributed by atoms with Crippen molar-refractivity contribution in [2.24, 2.45) is 0 Å². The van der Waals surface area contributed by atoms with Crippen molar-refractivity contribution in [3.8, 4) is 11.5 Å². The molecule has 40 heavy (non-hydrogen) atoms. The Hall–Kier alpha value is -4.24. The highest BCUT2D eigenvalue weighted by Crippen LogP contribution is 2.30. The van der Waals surface area contributed by atoms with Crippen molar-refractivity contribution in [2.45, 2.75) is 31.7 Å². The average molecular weight is 543 g/mol. The molecule has 0 saturated carbocycles. The molecule has 8 nitrogen and oxygen atoms in total. The van der Waals surface area contributed by atoms with Crippen molar-refractivity contribution in [3.63, 3.8) is 0 Å². The van der Waals surface area contributed by atoms with E-state index in [2.05, 4.69) is 0 Å². The number of nitro groups is 1. The molecule has 0 aliphatic rings. The summed E-state index contributed by atoms with van der Waals surface area (Å²) in [5, 5.41) is 33.1. The molecule has 0 bridgehead atoms. The molecule has 4 aromatic rings. The molecule has 4 rings (SSSR count). The molecule has 0 heterocycles. The van der Waals surface area contributed by atoms with E-state index in [1.807, 2.05) is 95.9 Å². The number of aliphatic hydroxyl groups excluding tert-OH is 2. The number of para-hydroxylation sites is 1. The number of ether oxygens (including phenoxy) is 2. The van der Waals surface area contributed by atoms with Gasteiger partial charge in [-0.15, -0.1) is 0 Å². The molecule has 2 atom stereocenters. The largest absolute Gasteiger partial charge is 0.491 e. The maximum atomic E-state index is 11.9. The lowest BCUT2D eigenvalue weighted by Gasteiger charge is -2.32. The van der Waals surface area contributed by atoms with Crippen LogP contribution in [0.15, 0.2) is 109 Å². The van der Waals surface area contributed by atoms with Crippen LogP contribution in [0.3, 0.4) is 0 Å². The monoisotopic (exact) mass is 542 g/mol. The third kappa shape index (κ3) is 8.64. The highest BCUT2D eigenvalue weighted by molar-refractivity contribution is 5.49. The topological polar surface area (TPSA) is 105 Å². The van der Waals surface area contributed by atoms with E-state index < -0.39 is 17.1 Å². The Morgan fingerprint density at radius 3 is 2.05 bits per heavy atom. The third-order valence-electron chi connectivity index (χ3n) is 6.52. The van der Waals surface area contributed by atoms with Gasteiger partial charge in [-0.25, -0.2) is 0 Å². The van der Waals surface area contributed by atoms with Crippen LogP contribution in [0.25, 0.3) is 0 Å². The van der Waals surface area contributed by atoms with Gasteiger partial charge in [-0.3, -0.25) is 15.0 Å². The first-order chi connectivity index (χ1) is 19.5. The van der Waals surface area contributed by atoms with Gasteiger partial charge in [0.1, 0.15) is 25.1 Å². The molecule has 0 aliphatic carbocycles. The van der Waals surface area contributed by atoms with Crippen molar-refractivity contribution in [1.82, 2.24) is 4.90 Å². The smallest absolute Gasteiger partial charge is 0.311 e. The normalized spacial score (nSPS) is 12.6. The SMILES string of the molecule is O=[N+]([O-])c1cc(C[C@@H](CO)N(Cc2ccccc2)C[C@H](O)COc2ccccc2)ccc1OCc1ccccc1.